The molecule has 41 heavy (non-hydrogen) atoms. The van der Waals surface area contributed by atoms with Crippen molar-refractivity contribution in [2.75, 3.05) is 12.3 Å². The van der Waals surface area contributed by atoms with Crippen LogP contribution in [0.15, 0.2) is 53.1 Å². The molecule has 0 bridgehead atoms. The molecule has 0 aliphatic heterocycles. The number of hydrogen-bond acceptors (Lipinski definition) is 6. The molecule has 1 unspecified atom stereocenters. The quantitative estimate of drug-likeness (QED) is 0.226. The second-order valence-corrected chi connectivity index (χ2v) is 14.5. The minimum atomic E-state index is -1.30. The summed E-state index contributed by atoms with van der Waals surface area (Å²) in [4.78, 5) is 30.0. The van der Waals surface area contributed by atoms with Gasteiger partial charge in [0.25, 0.3) is 0 Å². The standard InChI is InChI=1S/C30H33BrClN3O5S/c1-29(2,3)39-27(36)33-11-12-41(38)17-18-13-24(34-25-15-20(32)8-9-21(18)25)23-16-35(28(37)40-30(4,5)6)26-10-7-19(31)14-22(23)26/h7-10,13-16H,11-12,17H2,1-6H3,(H,33,36). The van der Waals surface area contributed by atoms with Gasteiger partial charge in [-0.2, -0.15) is 0 Å². The largest absolute Gasteiger partial charge is 0.444 e. The van der Waals surface area contributed by atoms with Gasteiger partial charge in [-0.15, -0.1) is 0 Å². The number of pyridine rings is 1. The molecule has 11 heteroatoms. The van der Waals surface area contributed by atoms with Crippen LogP contribution >= 0.6 is 27.5 Å². The SMILES string of the molecule is CC(C)(C)OC(=O)NCCS(=O)Cc1cc(-c2cn(C(=O)OC(C)(C)C)c3ccc(Br)cc23)nc2cc(Cl)ccc12. The van der Waals surface area contributed by atoms with E-state index in [1.165, 1.54) is 4.57 Å². The van der Waals surface area contributed by atoms with Crippen LogP contribution < -0.4 is 5.32 Å². The lowest BCUT2D eigenvalue weighted by Crippen LogP contribution is -2.34. The molecule has 0 saturated heterocycles. The van der Waals surface area contributed by atoms with Gasteiger partial charge in [0.1, 0.15) is 11.2 Å². The van der Waals surface area contributed by atoms with Crippen LogP contribution in [0.4, 0.5) is 9.59 Å². The summed E-state index contributed by atoms with van der Waals surface area (Å²) in [6.07, 6.45) is 0.669. The number of nitrogens with one attached hydrogen (secondary N) is 1. The zero-order valence-corrected chi connectivity index (χ0v) is 27.0. The predicted octanol–water partition coefficient (Wildman–Crippen LogP) is 7.83. The Bertz CT molecular complexity index is 1660. The second kappa shape index (κ2) is 12.1. The van der Waals surface area contributed by atoms with Crippen LogP contribution in [0.1, 0.15) is 47.1 Å². The fourth-order valence-electron chi connectivity index (χ4n) is 4.23. The van der Waals surface area contributed by atoms with Gasteiger partial charge >= 0.3 is 12.2 Å². The normalized spacial score (nSPS) is 12.9. The van der Waals surface area contributed by atoms with Crippen molar-refractivity contribution in [3.8, 4) is 11.3 Å². The molecule has 4 aromatic rings. The van der Waals surface area contributed by atoms with E-state index in [1.807, 2.05) is 51.1 Å². The lowest BCUT2D eigenvalue weighted by Gasteiger charge is -2.19. The Morgan fingerprint density at radius 3 is 2.39 bits per heavy atom. The number of ether oxygens (including phenoxy) is 2. The van der Waals surface area contributed by atoms with E-state index in [0.717, 1.165) is 20.8 Å². The summed E-state index contributed by atoms with van der Waals surface area (Å²) in [7, 11) is -1.30. The summed E-state index contributed by atoms with van der Waals surface area (Å²) in [5.74, 6) is 0.481. The molecule has 0 aliphatic rings. The van der Waals surface area contributed by atoms with Crippen molar-refractivity contribution in [1.29, 1.82) is 0 Å². The highest BCUT2D eigenvalue weighted by molar-refractivity contribution is 9.10. The number of hydrogen-bond donors (Lipinski definition) is 1. The second-order valence-electron chi connectivity index (χ2n) is 11.6. The van der Waals surface area contributed by atoms with Gasteiger partial charge in [0.15, 0.2) is 0 Å². The Balaban J connectivity index is 1.71. The maximum atomic E-state index is 13.1. The average Bonchev–Trinajstić information content (AvgIpc) is 3.20. The third-order valence-electron chi connectivity index (χ3n) is 5.80. The van der Waals surface area contributed by atoms with Crippen molar-refractivity contribution < 1.29 is 23.3 Å². The Morgan fingerprint density at radius 2 is 1.71 bits per heavy atom. The number of halogens is 2. The number of benzene rings is 2. The van der Waals surface area contributed by atoms with Crippen molar-refractivity contribution >= 4 is 72.3 Å². The number of fused-ring (bicyclic) bond motifs is 2. The molecule has 0 spiro atoms. The third kappa shape index (κ3) is 8.08. The van der Waals surface area contributed by atoms with Crippen LogP contribution in [0.25, 0.3) is 33.1 Å². The summed E-state index contributed by atoms with van der Waals surface area (Å²) in [6, 6.07) is 12.9. The van der Waals surface area contributed by atoms with Gasteiger partial charge < -0.3 is 14.8 Å². The van der Waals surface area contributed by atoms with Crippen molar-refractivity contribution in [2.24, 2.45) is 0 Å². The summed E-state index contributed by atoms with van der Waals surface area (Å²) in [6.45, 7) is 11.0. The molecule has 0 radical (unpaired) electrons. The fourth-order valence-corrected chi connectivity index (χ4v) is 5.81. The van der Waals surface area contributed by atoms with Gasteiger partial charge in [-0.3, -0.25) is 8.78 Å². The Morgan fingerprint density at radius 1 is 1.00 bits per heavy atom. The van der Waals surface area contributed by atoms with Crippen LogP contribution in [0, 0.1) is 0 Å². The smallest absolute Gasteiger partial charge is 0.419 e. The molecule has 1 N–H and O–H groups in total. The van der Waals surface area contributed by atoms with Crippen molar-refractivity contribution in [3.63, 3.8) is 0 Å². The first-order valence-electron chi connectivity index (χ1n) is 13.0. The topological polar surface area (TPSA) is 99.5 Å². The molecule has 1 atom stereocenters. The van der Waals surface area contributed by atoms with E-state index in [0.29, 0.717) is 27.3 Å². The van der Waals surface area contributed by atoms with Crippen molar-refractivity contribution in [1.82, 2.24) is 14.9 Å². The number of amides is 1. The maximum absolute atomic E-state index is 13.1. The summed E-state index contributed by atoms with van der Waals surface area (Å²) in [5.41, 5.74) is 2.16. The van der Waals surface area contributed by atoms with E-state index in [-0.39, 0.29) is 18.1 Å². The van der Waals surface area contributed by atoms with Gasteiger partial charge in [0.2, 0.25) is 0 Å². The van der Waals surface area contributed by atoms with Gasteiger partial charge in [-0.1, -0.05) is 33.6 Å². The van der Waals surface area contributed by atoms with Gasteiger partial charge in [-0.05, 0) is 83.5 Å². The maximum Gasteiger partial charge on any atom is 0.419 e. The fraction of sp³-hybridized carbons (Fsp3) is 0.367. The highest BCUT2D eigenvalue weighted by Gasteiger charge is 2.23. The van der Waals surface area contributed by atoms with E-state index in [2.05, 4.69) is 21.2 Å². The van der Waals surface area contributed by atoms with Crippen LogP contribution in [-0.2, 0) is 26.0 Å². The number of nitrogens with zero attached hydrogens (tertiary/aromatic N) is 2. The zero-order valence-electron chi connectivity index (χ0n) is 23.8. The highest BCUT2D eigenvalue weighted by atomic mass is 79.9. The predicted molar refractivity (Wildman–Crippen MR) is 168 cm³/mol. The number of carbonyl (C=O) groups is 2. The minimum Gasteiger partial charge on any atom is -0.444 e. The molecule has 0 aliphatic carbocycles. The minimum absolute atomic E-state index is 0.209. The molecule has 218 valence electrons. The van der Waals surface area contributed by atoms with Crippen LogP contribution in [0.2, 0.25) is 5.02 Å². The van der Waals surface area contributed by atoms with Crippen molar-refractivity contribution in [3.05, 3.63) is 63.7 Å². The van der Waals surface area contributed by atoms with E-state index in [4.69, 9.17) is 26.1 Å². The Labute approximate surface area is 255 Å². The van der Waals surface area contributed by atoms with Crippen LogP contribution in [-0.4, -0.2) is 49.4 Å². The van der Waals surface area contributed by atoms with Gasteiger partial charge in [0.05, 0.1) is 16.7 Å². The van der Waals surface area contributed by atoms with Gasteiger partial charge in [-0.25, -0.2) is 14.6 Å². The molecule has 2 aromatic carbocycles. The molecule has 2 aromatic heterocycles. The van der Waals surface area contributed by atoms with E-state index in [9.17, 15) is 13.8 Å². The molecule has 1 amide bonds. The van der Waals surface area contributed by atoms with Crippen LogP contribution in [0.3, 0.4) is 0 Å². The number of rotatable bonds is 6. The van der Waals surface area contributed by atoms with Crippen LogP contribution in [0.5, 0.6) is 0 Å². The number of alkyl carbamates (subject to hydrolysis) is 1. The summed E-state index contributed by atoms with van der Waals surface area (Å²) >= 11 is 9.86. The first kappa shape index (κ1) is 31.0. The van der Waals surface area contributed by atoms with E-state index >= 15 is 0 Å². The Kier molecular flexibility index (Phi) is 9.16. The lowest BCUT2D eigenvalue weighted by molar-refractivity contribution is 0.0524. The summed E-state index contributed by atoms with van der Waals surface area (Å²) < 4.78 is 26.3. The van der Waals surface area contributed by atoms with Gasteiger partial charge in [0, 0.05) is 60.9 Å². The van der Waals surface area contributed by atoms with Crippen molar-refractivity contribution in [2.45, 2.75) is 58.5 Å². The number of carbonyl (C=O) groups excluding carboxylic acids is 2. The highest BCUT2D eigenvalue weighted by Crippen LogP contribution is 2.35. The van der Waals surface area contributed by atoms with E-state index in [1.54, 1.807) is 39.1 Å². The molecule has 8 nitrogen and oxygen atoms in total. The third-order valence-corrected chi connectivity index (χ3v) is 7.83. The molecule has 0 saturated carbocycles. The molecule has 4 rings (SSSR count). The molecular formula is C30H33BrClN3O5S. The molecule has 0 fully saturated rings. The zero-order chi connectivity index (χ0) is 30.1. The Hall–Kier alpha value is -2.95. The molecular weight excluding hydrogens is 630 g/mol. The summed E-state index contributed by atoms with van der Waals surface area (Å²) in [5, 5.41) is 4.80. The first-order valence-corrected chi connectivity index (χ1v) is 15.7. The first-order chi connectivity index (χ1) is 19.1. The molecule has 2 heterocycles. The average molecular weight is 663 g/mol. The lowest BCUT2D eigenvalue weighted by atomic mass is 10.0. The van der Waals surface area contributed by atoms with E-state index < -0.39 is 34.2 Å². The monoisotopic (exact) mass is 661 g/mol. The number of aromatic nitrogens is 2.